The monoisotopic (exact) mass is 238 g/mol. The van der Waals surface area contributed by atoms with E-state index in [4.69, 9.17) is 21.0 Å². The summed E-state index contributed by atoms with van der Waals surface area (Å²) >= 11 is 0.715. The van der Waals surface area contributed by atoms with Crippen LogP contribution in [-0.2, 0) is 4.74 Å². The molecule has 88 valence electrons. The molecule has 0 radical (unpaired) electrons. The van der Waals surface area contributed by atoms with Crippen LogP contribution in [0.4, 0.5) is 0 Å². The van der Waals surface area contributed by atoms with Gasteiger partial charge in [0.1, 0.15) is 29.9 Å². The van der Waals surface area contributed by atoms with Gasteiger partial charge < -0.3 is 30.9 Å². The molecule has 7 nitrogen and oxygen atoms in total. The highest BCUT2D eigenvalue weighted by atomic mass is 32.2. The number of aliphatic hydroxyl groups is 4. The van der Waals surface area contributed by atoms with E-state index < -0.39 is 36.5 Å². The molecule has 7 N–H and O–H groups in total. The molecule has 0 saturated carbocycles. The maximum absolute atomic E-state index is 9.48. The molecule has 0 aliphatic carbocycles. The van der Waals surface area contributed by atoms with E-state index in [1.807, 2.05) is 0 Å². The molecule has 5 atom stereocenters. The topological polar surface area (TPSA) is 140 Å². The van der Waals surface area contributed by atoms with E-state index in [-0.39, 0.29) is 5.17 Å². The molecule has 1 heterocycles. The first-order chi connectivity index (χ1) is 6.97. The van der Waals surface area contributed by atoms with Crippen molar-refractivity contribution >= 4 is 16.9 Å². The fraction of sp³-hybridized carbons (Fsp3) is 0.857. The van der Waals surface area contributed by atoms with Gasteiger partial charge in [-0.3, -0.25) is 5.41 Å². The van der Waals surface area contributed by atoms with Crippen molar-refractivity contribution in [3.63, 3.8) is 0 Å². The molecule has 1 saturated heterocycles. The average Bonchev–Trinajstić information content (AvgIpc) is 2.18. The fourth-order valence-corrected chi connectivity index (χ4v) is 2.04. The molecule has 0 aromatic heterocycles. The zero-order valence-corrected chi connectivity index (χ0v) is 8.59. The number of nitrogens with one attached hydrogen (secondary N) is 1. The van der Waals surface area contributed by atoms with E-state index in [0.717, 1.165) is 0 Å². The van der Waals surface area contributed by atoms with Gasteiger partial charge in [-0.25, -0.2) is 0 Å². The Kier molecular flexibility index (Phi) is 4.32. The van der Waals surface area contributed by atoms with Gasteiger partial charge in [0, 0.05) is 0 Å². The summed E-state index contributed by atoms with van der Waals surface area (Å²) in [5.41, 5.74) is 4.14. The standard InChI is InChI=1S/C7H14N2O5S/c8-7(9)15-6-5(13)4(12)3(11)2(1-10)14-6/h2-6,10-13H,1H2,(H3,8,9). The number of hydrogen-bond acceptors (Lipinski definition) is 7. The normalized spacial score (nSPS) is 41.5. The molecular weight excluding hydrogens is 224 g/mol. The first-order valence-electron chi connectivity index (χ1n) is 4.28. The lowest BCUT2D eigenvalue weighted by Gasteiger charge is -2.39. The van der Waals surface area contributed by atoms with Crippen molar-refractivity contribution in [3.8, 4) is 0 Å². The predicted molar refractivity (Wildman–Crippen MR) is 53.3 cm³/mol. The Bertz CT molecular complexity index is 239. The number of aliphatic hydroxyl groups excluding tert-OH is 4. The lowest BCUT2D eigenvalue weighted by Crippen LogP contribution is -2.57. The van der Waals surface area contributed by atoms with Crippen LogP contribution in [0.1, 0.15) is 0 Å². The highest BCUT2D eigenvalue weighted by Gasteiger charge is 2.43. The Morgan fingerprint density at radius 3 is 2.33 bits per heavy atom. The van der Waals surface area contributed by atoms with Crippen LogP contribution in [0.25, 0.3) is 0 Å². The minimum atomic E-state index is -1.42. The largest absolute Gasteiger partial charge is 0.394 e. The molecule has 1 fully saturated rings. The smallest absolute Gasteiger partial charge is 0.153 e. The van der Waals surface area contributed by atoms with Crippen molar-refractivity contribution in [1.29, 1.82) is 5.41 Å². The van der Waals surface area contributed by atoms with Gasteiger partial charge in [0.15, 0.2) is 5.17 Å². The minimum Gasteiger partial charge on any atom is -0.394 e. The van der Waals surface area contributed by atoms with Crippen molar-refractivity contribution in [2.24, 2.45) is 5.73 Å². The van der Waals surface area contributed by atoms with E-state index in [1.54, 1.807) is 0 Å². The van der Waals surface area contributed by atoms with E-state index in [1.165, 1.54) is 0 Å². The Morgan fingerprint density at radius 1 is 1.27 bits per heavy atom. The zero-order chi connectivity index (χ0) is 11.6. The lowest BCUT2D eigenvalue weighted by atomic mass is 10.0. The van der Waals surface area contributed by atoms with Crippen molar-refractivity contribution in [1.82, 2.24) is 0 Å². The van der Waals surface area contributed by atoms with E-state index in [0.29, 0.717) is 11.8 Å². The van der Waals surface area contributed by atoms with Crippen molar-refractivity contribution < 1.29 is 25.2 Å². The molecule has 8 heteroatoms. The van der Waals surface area contributed by atoms with Gasteiger partial charge in [0.25, 0.3) is 0 Å². The van der Waals surface area contributed by atoms with E-state index in [2.05, 4.69) is 0 Å². The van der Waals surface area contributed by atoms with Crippen LogP contribution in [-0.4, -0.2) is 62.1 Å². The summed E-state index contributed by atoms with van der Waals surface area (Å²) in [7, 11) is 0. The summed E-state index contributed by atoms with van der Waals surface area (Å²) in [6, 6.07) is 0. The van der Waals surface area contributed by atoms with Crippen molar-refractivity contribution in [2.75, 3.05) is 6.61 Å². The first kappa shape index (κ1) is 12.7. The van der Waals surface area contributed by atoms with Gasteiger partial charge in [-0.2, -0.15) is 0 Å². The van der Waals surface area contributed by atoms with E-state index in [9.17, 15) is 15.3 Å². The summed E-state index contributed by atoms with van der Waals surface area (Å²) in [6.45, 7) is -0.486. The van der Waals surface area contributed by atoms with Gasteiger partial charge in [-0.15, -0.1) is 0 Å². The van der Waals surface area contributed by atoms with Gasteiger partial charge in [0.2, 0.25) is 0 Å². The maximum Gasteiger partial charge on any atom is 0.153 e. The zero-order valence-electron chi connectivity index (χ0n) is 7.78. The van der Waals surface area contributed by atoms with E-state index >= 15 is 0 Å². The quantitative estimate of drug-likeness (QED) is 0.229. The molecule has 0 spiro atoms. The Balaban J connectivity index is 2.69. The van der Waals surface area contributed by atoms with Gasteiger partial charge >= 0.3 is 0 Å². The molecular formula is C7H14N2O5S. The summed E-state index contributed by atoms with van der Waals surface area (Å²) in [5.74, 6) is 0. The van der Waals surface area contributed by atoms with Gasteiger partial charge in [0.05, 0.1) is 6.61 Å². The maximum atomic E-state index is 9.48. The predicted octanol–water partition coefficient (Wildman–Crippen LogP) is -2.59. The van der Waals surface area contributed by atoms with Crippen LogP contribution < -0.4 is 5.73 Å². The highest BCUT2D eigenvalue weighted by molar-refractivity contribution is 8.14. The summed E-state index contributed by atoms with van der Waals surface area (Å²) in [4.78, 5) is 0. The first-order valence-corrected chi connectivity index (χ1v) is 5.16. The lowest BCUT2D eigenvalue weighted by molar-refractivity contribution is -0.205. The van der Waals surface area contributed by atoms with Crippen LogP contribution >= 0.6 is 11.8 Å². The molecule has 0 aromatic carbocycles. The summed E-state index contributed by atoms with van der Waals surface area (Å²) < 4.78 is 5.07. The van der Waals surface area contributed by atoms with Crippen LogP contribution in [0.2, 0.25) is 0 Å². The number of thioether (sulfide) groups is 1. The second-order valence-corrected chi connectivity index (χ2v) is 4.32. The third kappa shape index (κ3) is 2.80. The third-order valence-corrected chi connectivity index (χ3v) is 2.97. The van der Waals surface area contributed by atoms with Crippen LogP contribution in [0.15, 0.2) is 0 Å². The molecule has 1 aliphatic rings. The van der Waals surface area contributed by atoms with Crippen LogP contribution in [0.3, 0.4) is 0 Å². The Morgan fingerprint density at radius 2 is 1.87 bits per heavy atom. The molecule has 0 bridgehead atoms. The number of amidine groups is 1. The molecule has 1 rings (SSSR count). The van der Waals surface area contributed by atoms with Gasteiger partial charge in [-0.1, -0.05) is 11.8 Å². The van der Waals surface area contributed by atoms with Crippen molar-refractivity contribution in [3.05, 3.63) is 0 Å². The second-order valence-electron chi connectivity index (χ2n) is 3.18. The average molecular weight is 238 g/mol. The molecule has 5 unspecified atom stereocenters. The number of hydrogen-bond donors (Lipinski definition) is 6. The molecule has 15 heavy (non-hydrogen) atoms. The van der Waals surface area contributed by atoms with Crippen LogP contribution in [0, 0.1) is 5.41 Å². The number of rotatable bonds is 2. The van der Waals surface area contributed by atoms with Gasteiger partial charge in [-0.05, 0) is 0 Å². The number of ether oxygens (including phenoxy) is 1. The third-order valence-electron chi connectivity index (χ3n) is 2.09. The Labute approximate surface area is 90.4 Å². The minimum absolute atomic E-state index is 0.278. The fourth-order valence-electron chi connectivity index (χ4n) is 1.29. The highest BCUT2D eigenvalue weighted by Crippen LogP contribution is 2.27. The SMILES string of the molecule is N=C(N)SC1OC(CO)C(O)C(O)C1O. The second kappa shape index (κ2) is 5.10. The van der Waals surface area contributed by atoms with Crippen molar-refractivity contribution in [2.45, 2.75) is 29.9 Å². The summed E-state index contributed by atoms with van der Waals surface area (Å²) in [5, 5.41) is 43.8. The van der Waals surface area contributed by atoms with Crippen LogP contribution in [0.5, 0.6) is 0 Å². The summed E-state index contributed by atoms with van der Waals surface area (Å²) in [6.07, 6.45) is -5.11. The molecule has 0 aromatic rings. The Hall–Kier alpha value is -0.380. The molecule has 1 aliphatic heterocycles. The number of nitrogens with two attached hydrogens (primary N) is 1. The molecule has 0 amide bonds.